The van der Waals surface area contributed by atoms with Crippen LogP contribution in [-0.2, 0) is 10.8 Å². The normalized spacial score (nSPS) is 38.8. The lowest BCUT2D eigenvalue weighted by Gasteiger charge is -2.34. The molecular weight excluding hydrogens is 266 g/mol. The van der Waals surface area contributed by atoms with Gasteiger partial charge in [0.15, 0.2) is 0 Å². The Morgan fingerprint density at radius 3 is 2.65 bits per heavy atom. The minimum Gasteiger partial charge on any atom is -0.312 e. The van der Waals surface area contributed by atoms with E-state index in [1.165, 1.54) is 32.1 Å². The SMILES string of the molecule is CCCNC1C(S(=O)C2CCCC(C)C2)CCC1(C)C. The lowest BCUT2D eigenvalue weighted by atomic mass is 9.87. The van der Waals surface area contributed by atoms with Gasteiger partial charge in [0.05, 0.1) is 5.25 Å². The summed E-state index contributed by atoms with van der Waals surface area (Å²) in [5, 5.41) is 4.55. The zero-order chi connectivity index (χ0) is 14.8. The Hall–Kier alpha value is 0.110. The van der Waals surface area contributed by atoms with Crippen molar-refractivity contribution in [3.8, 4) is 0 Å². The molecule has 2 fully saturated rings. The van der Waals surface area contributed by atoms with Gasteiger partial charge in [-0.1, -0.05) is 40.5 Å². The average molecular weight is 300 g/mol. The van der Waals surface area contributed by atoms with E-state index in [-0.39, 0.29) is 0 Å². The summed E-state index contributed by atoms with van der Waals surface area (Å²) in [6, 6.07) is 0.445. The van der Waals surface area contributed by atoms with Crippen LogP contribution in [0.4, 0.5) is 0 Å². The highest BCUT2D eigenvalue weighted by atomic mass is 32.2. The fourth-order valence-electron chi connectivity index (χ4n) is 4.13. The maximum Gasteiger partial charge on any atom is 0.0509 e. The summed E-state index contributed by atoms with van der Waals surface area (Å²) in [5.41, 5.74) is 0.301. The van der Waals surface area contributed by atoms with Crippen molar-refractivity contribution in [2.45, 2.75) is 89.2 Å². The van der Waals surface area contributed by atoms with Crippen molar-refractivity contribution < 1.29 is 4.21 Å². The summed E-state index contributed by atoms with van der Waals surface area (Å²) < 4.78 is 13.1. The van der Waals surface area contributed by atoms with E-state index in [1.807, 2.05) is 0 Å². The number of hydrogen-bond acceptors (Lipinski definition) is 2. The lowest BCUT2D eigenvalue weighted by Crippen LogP contribution is -2.48. The van der Waals surface area contributed by atoms with Crippen LogP contribution in [0.25, 0.3) is 0 Å². The second kappa shape index (κ2) is 6.91. The highest BCUT2D eigenvalue weighted by molar-refractivity contribution is 7.86. The van der Waals surface area contributed by atoms with Crippen molar-refractivity contribution >= 4 is 10.8 Å². The number of hydrogen-bond donors (Lipinski definition) is 1. The third kappa shape index (κ3) is 3.65. The van der Waals surface area contributed by atoms with E-state index in [0.29, 0.717) is 22.0 Å². The van der Waals surface area contributed by atoms with Crippen molar-refractivity contribution in [2.24, 2.45) is 11.3 Å². The molecule has 0 spiro atoms. The molecule has 20 heavy (non-hydrogen) atoms. The molecule has 2 rings (SSSR count). The quantitative estimate of drug-likeness (QED) is 0.835. The first-order valence-corrected chi connectivity index (χ1v) is 9.86. The molecule has 2 aliphatic rings. The van der Waals surface area contributed by atoms with Gasteiger partial charge in [0.25, 0.3) is 0 Å². The standard InChI is InChI=1S/C17H33NOS/c1-5-11-18-16-15(9-10-17(16,3)4)20(19)14-8-6-7-13(2)12-14/h13-16,18H,5-12H2,1-4H3. The molecule has 0 bridgehead atoms. The van der Waals surface area contributed by atoms with Crippen LogP contribution < -0.4 is 5.32 Å². The van der Waals surface area contributed by atoms with Crippen LogP contribution in [0.5, 0.6) is 0 Å². The first-order chi connectivity index (χ1) is 9.45. The van der Waals surface area contributed by atoms with Crippen LogP contribution >= 0.6 is 0 Å². The van der Waals surface area contributed by atoms with Crippen LogP contribution in [0, 0.1) is 11.3 Å². The smallest absolute Gasteiger partial charge is 0.0509 e. The second-order valence-electron chi connectivity index (χ2n) is 7.72. The Labute approximate surface area is 127 Å². The van der Waals surface area contributed by atoms with E-state index in [0.717, 1.165) is 25.3 Å². The maximum absolute atomic E-state index is 13.1. The van der Waals surface area contributed by atoms with Crippen LogP contribution in [-0.4, -0.2) is 27.3 Å². The molecule has 2 aliphatic carbocycles. The third-order valence-electron chi connectivity index (χ3n) is 5.42. The van der Waals surface area contributed by atoms with Crippen molar-refractivity contribution in [1.82, 2.24) is 5.32 Å². The fourth-order valence-corrected chi connectivity index (χ4v) is 6.63. The Bertz CT molecular complexity index is 342. The van der Waals surface area contributed by atoms with Gasteiger partial charge in [-0.05, 0) is 50.0 Å². The van der Waals surface area contributed by atoms with Gasteiger partial charge in [0.1, 0.15) is 0 Å². The van der Waals surface area contributed by atoms with E-state index in [4.69, 9.17) is 0 Å². The monoisotopic (exact) mass is 299 g/mol. The molecule has 0 aliphatic heterocycles. The summed E-state index contributed by atoms with van der Waals surface area (Å²) in [4.78, 5) is 0. The molecule has 0 amide bonds. The molecule has 118 valence electrons. The molecule has 0 aromatic heterocycles. The first kappa shape index (κ1) is 16.5. The Morgan fingerprint density at radius 2 is 2.00 bits per heavy atom. The first-order valence-electron chi connectivity index (χ1n) is 8.58. The van der Waals surface area contributed by atoms with Crippen molar-refractivity contribution in [1.29, 1.82) is 0 Å². The molecule has 2 nitrogen and oxygen atoms in total. The molecule has 1 N–H and O–H groups in total. The van der Waals surface area contributed by atoms with E-state index in [9.17, 15) is 4.21 Å². The average Bonchev–Trinajstić information content (AvgIpc) is 2.70. The minimum absolute atomic E-state index is 0.301. The minimum atomic E-state index is -0.645. The predicted octanol–water partition coefficient (Wildman–Crippen LogP) is 3.87. The van der Waals surface area contributed by atoms with Gasteiger partial charge >= 0.3 is 0 Å². The zero-order valence-electron chi connectivity index (χ0n) is 13.8. The molecule has 5 unspecified atom stereocenters. The van der Waals surface area contributed by atoms with E-state index < -0.39 is 10.8 Å². The zero-order valence-corrected chi connectivity index (χ0v) is 14.6. The van der Waals surface area contributed by atoms with Crippen molar-refractivity contribution in [2.75, 3.05) is 6.54 Å². The van der Waals surface area contributed by atoms with Gasteiger partial charge in [0, 0.05) is 22.1 Å². The number of nitrogens with one attached hydrogen (secondary N) is 1. The summed E-state index contributed by atoms with van der Waals surface area (Å²) in [7, 11) is -0.645. The van der Waals surface area contributed by atoms with Crippen molar-refractivity contribution in [3.05, 3.63) is 0 Å². The van der Waals surface area contributed by atoms with E-state index in [2.05, 4.69) is 33.0 Å². The number of rotatable bonds is 5. The van der Waals surface area contributed by atoms with Gasteiger partial charge in [0.2, 0.25) is 0 Å². The molecule has 3 heteroatoms. The van der Waals surface area contributed by atoms with Crippen molar-refractivity contribution in [3.63, 3.8) is 0 Å². The molecule has 0 saturated heterocycles. The van der Waals surface area contributed by atoms with Crippen LogP contribution in [0.3, 0.4) is 0 Å². The molecule has 0 radical (unpaired) electrons. The molecule has 0 aromatic rings. The van der Waals surface area contributed by atoms with Gasteiger partial charge in [-0.3, -0.25) is 4.21 Å². The second-order valence-corrected chi connectivity index (χ2v) is 9.65. The maximum atomic E-state index is 13.1. The summed E-state index contributed by atoms with van der Waals surface area (Å²) >= 11 is 0. The van der Waals surface area contributed by atoms with E-state index in [1.54, 1.807) is 0 Å². The Balaban J connectivity index is 2.03. The topological polar surface area (TPSA) is 29.1 Å². The molecule has 0 aromatic carbocycles. The van der Waals surface area contributed by atoms with E-state index >= 15 is 0 Å². The van der Waals surface area contributed by atoms with Crippen LogP contribution in [0.1, 0.15) is 72.6 Å². The molecule has 0 heterocycles. The van der Waals surface area contributed by atoms with Crippen LogP contribution in [0.15, 0.2) is 0 Å². The largest absolute Gasteiger partial charge is 0.312 e. The molecule has 2 saturated carbocycles. The Morgan fingerprint density at radius 1 is 1.25 bits per heavy atom. The summed E-state index contributed by atoms with van der Waals surface area (Å²) in [5.74, 6) is 0.772. The Kier molecular flexibility index (Phi) is 5.70. The molecule has 5 atom stereocenters. The van der Waals surface area contributed by atoms with Gasteiger partial charge in [-0.2, -0.15) is 0 Å². The highest BCUT2D eigenvalue weighted by Gasteiger charge is 2.45. The van der Waals surface area contributed by atoms with Gasteiger partial charge < -0.3 is 5.32 Å². The lowest BCUT2D eigenvalue weighted by molar-refractivity contribution is 0.285. The fraction of sp³-hybridized carbons (Fsp3) is 1.00. The summed E-state index contributed by atoms with van der Waals surface area (Å²) in [6.07, 6.45) is 8.51. The van der Waals surface area contributed by atoms with Crippen LogP contribution in [0.2, 0.25) is 0 Å². The highest BCUT2D eigenvalue weighted by Crippen LogP contribution is 2.42. The predicted molar refractivity (Wildman–Crippen MR) is 88.4 cm³/mol. The molecular formula is C17H33NOS. The van der Waals surface area contributed by atoms with Gasteiger partial charge in [-0.15, -0.1) is 0 Å². The summed E-state index contributed by atoms with van der Waals surface area (Å²) in [6.45, 7) is 10.3. The van der Waals surface area contributed by atoms with Gasteiger partial charge in [-0.25, -0.2) is 0 Å². The third-order valence-corrected chi connectivity index (χ3v) is 7.61.